The molecule has 0 aromatic heterocycles. The molecule has 1 aliphatic rings. The first-order valence-electron chi connectivity index (χ1n) is 9.45. The summed E-state index contributed by atoms with van der Waals surface area (Å²) in [6.07, 6.45) is 3.58. The van der Waals surface area contributed by atoms with Crippen molar-refractivity contribution in [3.8, 4) is 0 Å². The van der Waals surface area contributed by atoms with Crippen molar-refractivity contribution < 1.29 is 9.53 Å². The highest BCUT2D eigenvalue weighted by atomic mass is 16.5. The van der Waals surface area contributed by atoms with Crippen molar-refractivity contribution in [2.24, 2.45) is 0 Å². The van der Waals surface area contributed by atoms with Crippen LogP contribution in [-0.4, -0.2) is 56.0 Å². The number of morpholine rings is 1. The smallest absolute Gasteiger partial charge is 0.185 e. The SMILES string of the molecule is CN(C)Cc1cccc(C(=O)C=Cc2cccc(CN3CCOCC3)c2)c1. The Morgan fingerprint density at radius 2 is 1.81 bits per heavy atom. The van der Waals surface area contributed by atoms with Crippen LogP contribution in [0, 0.1) is 0 Å². The minimum Gasteiger partial charge on any atom is -0.379 e. The van der Waals surface area contributed by atoms with E-state index in [1.165, 1.54) is 5.56 Å². The highest BCUT2D eigenvalue weighted by Crippen LogP contribution is 2.13. The van der Waals surface area contributed by atoms with E-state index in [4.69, 9.17) is 4.74 Å². The number of benzene rings is 2. The second kappa shape index (κ2) is 9.60. The number of ketones is 1. The molecule has 1 aliphatic heterocycles. The van der Waals surface area contributed by atoms with Crippen LogP contribution in [-0.2, 0) is 17.8 Å². The van der Waals surface area contributed by atoms with E-state index in [0.717, 1.165) is 56.1 Å². The van der Waals surface area contributed by atoms with Crippen LogP contribution >= 0.6 is 0 Å². The molecule has 0 radical (unpaired) electrons. The zero-order valence-electron chi connectivity index (χ0n) is 16.2. The molecule has 0 unspecified atom stereocenters. The standard InChI is InChI=1S/C23H28N2O2/c1-24(2)17-21-7-4-8-22(16-21)23(26)10-9-19-5-3-6-20(15-19)18-25-11-13-27-14-12-25/h3-10,15-16H,11-14,17-18H2,1-2H3. The zero-order valence-corrected chi connectivity index (χ0v) is 16.2. The third-order valence-corrected chi connectivity index (χ3v) is 4.60. The molecule has 0 saturated carbocycles. The van der Waals surface area contributed by atoms with Gasteiger partial charge in [-0.05, 0) is 42.9 Å². The van der Waals surface area contributed by atoms with Gasteiger partial charge in [0.05, 0.1) is 13.2 Å². The fourth-order valence-corrected chi connectivity index (χ4v) is 3.27. The molecular weight excluding hydrogens is 336 g/mol. The minimum absolute atomic E-state index is 0.0363. The number of hydrogen-bond acceptors (Lipinski definition) is 4. The Kier molecular flexibility index (Phi) is 6.93. The molecule has 1 saturated heterocycles. The molecule has 0 N–H and O–H groups in total. The summed E-state index contributed by atoms with van der Waals surface area (Å²) in [7, 11) is 4.05. The van der Waals surface area contributed by atoms with Crippen LogP contribution in [0.2, 0.25) is 0 Å². The minimum atomic E-state index is 0.0363. The Labute approximate surface area is 162 Å². The summed E-state index contributed by atoms with van der Waals surface area (Å²) in [5.74, 6) is 0.0363. The molecule has 0 aliphatic carbocycles. The maximum absolute atomic E-state index is 12.5. The second-order valence-corrected chi connectivity index (χ2v) is 7.27. The van der Waals surface area contributed by atoms with Crippen molar-refractivity contribution in [2.75, 3.05) is 40.4 Å². The van der Waals surface area contributed by atoms with Gasteiger partial charge in [-0.25, -0.2) is 0 Å². The van der Waals surface area contributed by atoms with Crippen molar-refractivity contribution in [2.45, 2.75) is 13.1 Å². The first-order chi connectivity index (χ1) is 13.1. The first-order valence-corrected chi connectivity index (χ1v) is 9.45. The Bertz CT molecular complexity index is 792. The highest BCUT2D eigenvalue weighted by molar-refractivity contribution is 6.06. The number of hydrogen-bond donors (Lipinski definition) is 0. The van der Waals surface area contributed by atoms with E-state index in [9.17, 15) is 4.79 Å². The van der Waals surface area contributed by atoms with Gasteiger partial charge in [0.25, 0.3) is 0 Å². The molecule has 1 fully saturated rings. The number of nitrogens with zero attached hydrogens (tertiary/aromatic N) is 2. The lowest BCUT2D eigenvalue weighted by atomic mass is 10.0. The normalized spacial score (nSPS) is 15.5. The van der Waals surface area contributed by atoms with Crippen LogP contribution in [0.25, 0.3) is 6.08 Å². The Hall–Kier alpha value is -2.27. The van der Waals surface area contributed by atoms with E-state index in [2.05, 4.69) is 34.1 Å². The van der Waals surface area contributed by atoms with Crippen LogP contribution in [0.1, 0.15) is 27.0 Å². The van der Waals surface area contributed by atoms with Crippen molar-refractivity contribution in [3.63, 3.8) is 0 Å². The third kappa shape index (κ3) is 6.14. The molecule has 0 amide bonds. The number of carbonyl (C=O) groups excluding carboxylic acids is 1. The van der Waals surface area contributed by atoms with Gasteiger partial charge in [0, 0.05) is 31.7 Å². The average Bonchev–Trinajstić information content (AvgIpc) is 2.67. The largest absolute Gasteiger partial charge is 0.379 e. The molecule has 3 rings (SSSR count). The average molecular weight is 364 g/mol. The Balaban J connectivity index is 1.64. The lowest BCUT2D eigenvalue weighted by Gasteiger charge is -2.26. The molecular formula is C23H28N2O2. The van der Waals surface area contributed by atoms with Gasteiger partial charge in [0.2, 0.25) is 0 Å². The predicted molar refractivity (Wildman–Crippen MR) is 110 cm³/mol. The summed E-state index contributed by atoms with van der Waals surface area (Å²) in [4.78, 5) is 17.0. The molecule has 4 heteroatoms. The maximum Gasteiger partial charge on any atom is 0.185 e. The third-order valence-electron chi connectivity index (χ3n) is 4.60. The van der Waals surface area contributed by atoms with E-state index in [1.807, 2.05) is 44.4 Å². The summed E-state index contributed by atoms with van der Waals surface area (Å²) >= 11 is 0. The number of ether oxygens (including phenoxy) is 1. The summed E-state index contributed by atoms with van der Waals surface area (Å²) in [5, 5.41) is 0. The molecule has 0 bridgehead atoms. The van der Waals surface area contributed by atoms with Gasteiger partial charge in [0.15, 0.2) is 5.78 Å². The Morgan fingerprint density at radius 1 is 1.07 bits per heavy atom. The van der Waals surface area contributed by atoms with E-state index < -0.39 is 0 Å². The van der Waals surface area contributed by atoms with E-state index in [-0.39, 0.29) is 5.78 Å². The summed E-state index contributed by atoms with van der Waals surface area (Å²) in [6.45, 7) is 5.31. The quantitative estimate of drug-likeness (QED) is 0.556. The molecule has 4 nitrogen and oxygen atoms in total. The van der Waals surface area contributed by atoms with Crippen LogP contribution in [0.5, 0.6) is 0 Å². The molecule has 1 heterocycles. The van der Waals surface area contributed by atoms with Crippen molar-refractivity contribution in [1.82, 2.24) is 9.80 Å². The second-order valence-electron chi connectivity index (χ2n) is 7.27. The molecule has 2 aromatic carbocycles. The predicted octanol–water partition coefficient (Wildman–Crippen LogP) is 3.48. The van der Waals surface area contributed by atoms with Crippen LogP contribution in [0.15, 0.2) is 54.6 Å². The fourth-order valence-electron chi connectivity index (χ4n) is 3.27. The van der Waals surface area contributed by atoms with E-state index in [0.29, 0.717) is 0 Å². The number of allylic oxidation sites excluding steroid dienone is 1. The van der Waals surface area contributed by atoms with E-state index >= 15 is 0 Å². The van der Waals surface area contributed by atoms with Crippen molar-refractivity contribution >= 4 is 11.9 Å². The monoisotopic (exact) mass is 364 g/mol. The molecule has 0 spiro atoms. The summed E-state index contributed by atoms with van der Waals surface area (Å²) in [5.41, 5.74) is 4.19. The molecule has 2 aromatic rings. The van der Waals surface area contributed by atoms with Gasteiger partial charge in [-0.3, -0.25) is 9.69 Å². The maximum atomic E-state index is 12.5. The van der Waals surface area contributed by atoms with Crippen LogP contribution in [0.3, 0.4) is 0 Å². The molecule has 142 valence electrons. The fraction of sp³-hybridized carbons (Fsp3) is 0.348. The van der Waals surface area contributed by atoms with Crippen LogP contribution in [0.4, 0.5) is 0 Å². The van der Waals surface area contributed by atoms with Gasteiger partial charge < -0.3 is 9.64 Å². The first kappa shape index (κ1) is 19.5. The summed E-state index contributed by atoms with van der Waals surface area (Å²) < 4.78 is 5.40. The molecule has 0 atom stereocenters. The highest BCUT2D eigenvalue weighted by Gasteiger charge is 2.10. The van der Waals surface area contributed by atoms with Crippen molar-refractivity contribution in [1.29, 1.82) is 0 Å². The lowest BCUT2D eigenvalue weighted by Crippen LogP contribution is -2.35. The van der Waals surface area contributed by atoms with Crippen molar-refractivity contribution in [3.05, 3.63) is 76.9 Å². The van der Waals surface area contributed by atoms with Gasteiger partial charge in [0.1, 0.15) is 0 Å². The van der Waals surface area contributed by atoms with Gasteiger partial charge in [-0.1, -0.05) is 48.5 Å². The molecule has 27 heavy (non-hydrogen) atoms. The topological polar surface area (TPSA) is 32.8 Å². The lowest BCUT2D eigenvalue weighted by molar-refractivity contribution is 0.0342. The van der Waals surface area contributed by atoms with Gasteiger partial charge in [-0.15, -0.1) is 0 Å². The van der Waals surface area contributed by atoms with Gasteiger partial charge >= 0.3 is 0 Å². The number of carbonyl (C=O) groups is 1. The van der Waals surface area contributed by atoms with Gasteiger partial charge in [-0.2, -0.15) is 0 Å². The number of rotatable bonds is 7. The van der Waals surface area contributed by atoms with Crippen LogP contribution < -0.4 is 0 Å². The summed E-state index contributed by atoms with van der Waals surface area (Å²) in [6, 6.07) is 16.2. The van der Waals surface area contributed by atoms with E-state index in [1.54, 1.807) is 6.08 Å². The Morgan fingerprint density at radius 3 is 2.59 bits per heavy atom. The zero-order chi connectivity index (χ0) is 19.1.